The van der Waals surface area contributed by atoms with Gasteiger partial charge in [-0.05, 0) is 42.5 Å². The van der Waals surface area contributed by atoms with E-state index in [0.29, 0.717) is 16.5 Å². The van der Waals surface area contributed by atoms with Gasteiger partial charge in [-0.3, -0.25) is 0 Å². The lowest BCUT2D eigenvalue weighted by molar-refractivity contribution is -0.137. The van der Waals surface area contributed by atoms with Crippen LogP contribution in [0.1, 0.15) is 5.56 Å². The van der Waals surface area contributed by atoms with Gasteiger partial charge in [0, 0.05) is 11.4 Å². The van der Waals surface area contributed by atoms with Crippen molar-refractivity contribution in [2.24, 2.45) is 0 Å². The highest BCUT2D eigenvalue weighted by Gasteiger charge is 2.29. The fourth-order valence-corrected chi connectivity index (χ4v) is 2.80. The van der Waals surface area contributed by atoms with Crippen LogP contribution >= 0.6 is 11.3 Å². The van der Waals surface area contributed by atoms with E-state index in [1.165, 1.54) is 23.5 Å². The number of aromatic nitrogens is 1. The molecule has 3 nitrogen and oxygen atoms in total. The predicted octanol–water partition coefficient (Wildman–Crippen LogP) is 4.64. The molecular formula is C14H10F3N3S. The molecule has 0 aliphatic carbocycles. The van der Waals surface area contributed by atoms with Crippen LogP contribution in [0.15, 0.2) is 42.5 Å². The van der Waals surface area contributed by atoms with Crippen LogP contribution in [0.3, 0.4) is 0 Å². The van der Waals surface area contributed by atoms with Crippen molar-refractivity contribution in [2.45, 2.75) is 6.18 Å². The summed E-state index contributed by atoms with van der Waals surface area (Å²) in [6.07, 6.45) is -4.33. The number of alkyl halides is 3. The maximum absolute atomic E-state index is 12.5. The normalized spacial score (nSPS) is 11.8. The quantitative estimate of drug-likeness (QED) is 0.678. The first kappa shape index (κ1) is 13.7. The van der Waals surface area contributed by atoms with Gasteiger partial charge in [0.1, 0.15) is 0 Å². The van der Waals surface area contributed by atoms with E-state index in [9.17, 15) is 13.2 Å². The Kier molecular flexibility index (Phi) is 3.21. The summed E-state index contributed by atoms with van der Waals surface area (Å²) < 4.78 is 38.4. The molecule has 21 heavy (non-hydrogen) atoms. The first-order chi connectivity index (χ1) is 9.91. The van der Waals surface area contributed by atoms with Crippen molar-refractivity contribution in [3.8, 4) is 0 Å². The number of nitrogens with one attached hydrogen (secondary N) is 1. The van der Waals surface area contributed by atoms with Crippen molar-refractivity contribution >= 4 is 38.1 Å². The maximum Gasteiger partial charge on any atom is 0.416 e. The minimum absolute atomic E-state index is 0.551. The van der Waals surface area contributed by atoms with Crippen LogP contribution in [0.2, 0.25) is 0 Å². The molecular weight excluding hydrogens is 299 g/mol. The van der Waals surface area contributed by atoms with Crippen molar-refractivity contribution < 1.29 is 13.2 Å². The predicted molar refractivity (Wildman–Crippen MR) is 78.8 cm³/mol. The Labute approximate surface area is 122 Å². The number of hydrogen-bond donors (Lipinski definition) is 2. The van der Waals surface area contributed by atoms with E-state index in [1.54, 1.807) is 12.1 Å². The fraction of sp³-hybridized carbons (Fsp3) is 0.0714. The lowest BCUT2D eigenvalue weighted by Crippen LogP contribution is -2.04. The molecule has 2 aromatic carbocycles. The Balaban J connectivity index is 1.84. The summed E-state index contributed by atoms with van der Waals surface area (Å²) in [5.74, 6) is 0. The van der Waals surface area contributed by atoms with Gasteiger partial charge >= 0.3 is 6.18 Å². The van der Waals surface area contributed by atoms with Crippen LogP contribution in [-0.2, 0) is 6.18 Å². The summed E-state index contributed by atoms with van der Waals surface area (Å²) in [6, 6.07) is 10.2. The first-order valence-electron chi connectivity index (χ1n) is 6.02. The SMILES string of the molecule is Nc1ccc2nc(Nc3ccc(C(F)(F)F)cc3)sc2c1. The molecule has 0 amide bonds. The van der Waals surface area contributed by atoms with Crippen molar-refractivity contribution in [3.05, 3.63) is 48.0 Å². The summed E-state index contributed by atoms with van der Waals surface area (Å²) in [5.41, 5.74) is 7.01. The lowest BCUT2D eigenvalue weighted by atomic mass is 10.2. The summed E-state index contributed by atoms with van der Waals surface area (Å²) in [7, 11) is 0. The number of anilines is 3. The molecule has 0 aliphatic heterocycles. The van der Waals surface area contributed by atoms with E-state index in [4.69, 9.17) is 5.73 Å². The van der Waals surface area contributed by atoms with E-state index in [0.717, 1.165) is 22.3 Å². The molecule has 0 saturated heterocycles. The topological polar surface area (TPSA) is 50.9 Å². The zero-order chi connectivity index (χ0) is 15.0. The Morgan fingerprint density at radius 2 is 1.76 bits per heavy atom. The Bertz CT molecular complexity index is 778. The molecule has 0 radical (unpaired) electrons. The third-order valence-electron chi connectivity index (χ3n) is 2.88. The smallest absolute Gasteiger partial charge is 0.399 e. The molecule has 3 aromatic rings. The van der Waals surface area contributed by atoms with E-state index in [1.807, 2.05) is 6.07 Å². The second-order valence-corrected chi connectivity index (χ2v) is 5.48. The van der Waals surface area contributed by atoms with Crippen LogP contribution in [0.4, 0.5) is 29.7 Å². The third kappa shape index (κ3) is 2.92. The van der Waals surface area contributed by atoms with Crippen LogP contribution in [-0.4, -0.2) is 4.98 Å². The number of benzene rings is 2. The number of fused-ring (bicyclic) bond motifs is 1. The van der Waals surface area contributed by atoms with Gasteiger partial charge in [0.25, 0.3) is 0 Å². The number of hydrogen-bond acceptors (Lipinski definition) is 4. The Hall–Kier alpha value is -2.28. The highest BCUT2D eigenvalue weighted by molar-refractivity contribution is 7.22. The van der Waals surface area contributed by atoms with Crippen LogP contribution in [0, 0.1) is 0 Å². The first-order valence-corrected chi connectivity index (χ1v) is 6.84. The second-order valence-electron chi connectivity index (χ2n) is 4.45. The van der Waals surface area contributed by atoms with Gasteiger partial charge in [-0.15, -0.1) is 0 Å². The van der Waals surface area contributed by atoms with Gasteiger partial charge in [-0.2, -0.15) is 13.2 Å². The molecule has 0 saturated carbocycles. The molecule has 0 aliphatic rings. The third-order valence-corrected chi connectivity index (χ3v) is 3.81. The zero-order valence-electron chi connectivity index (χ0n) is 10.6. The van der Waals surface area contributed by atoms with Gasteiger partial charge < -0.3 is 11.1 Å². The molecule has 3 rings (SSSR count). The second kappa shape index (κ2) is 4.92. The highest BCUT2D eigenvalue weighted by atomic mass is 32.1. The van der Waals surface area contributed by atoms with Crippen molar-refractivity contribution in [2.75, 3.05) is 11.1 Å². The number of rotatable bonds is 2. The van der Waals surface area contributed by atoms with Gasteiger partial charge in [0.15, 0.2) is 5.13 Å². The largest absolute Gasteiger partial charge is 0.416 e. The summed E-state index contributed by atoms with van der Waals surface area (Å²) in [5, 5.41) is 3.60. The molecule has 0 fully saturated rings. The number of halogens is 3. The van der Waals surface area contributed by atoms with E-state index in [-0.39, 0.29) is 0 Å². The summed E-state index contributed by atoms with van der Waals surface area (Å²) in [6.45, 7) is 0. The Morgan fingerprint density at radius 3 is 2.43 bits per heavy atom. The number of nitrogens with zero attached hydrogens (tertiary/aromatic N) is 1. The summed E-state index contributed by atoms with van der Waals surface area (Å²) in [4.78, 5) is 4.35. The minimum atomic E-state index is -4.33. The molecule has 1 aromatic heterocycles. The van der Waals surface area contributed by atoms with Gasteiger partial charge in [0.05, 0.1) is 15.8 Å². The molecule has 0 bridgehead atoms. The molecule has 7 heteroatoms. The molecule has 3 N–H and O–H groups in total. The van der Waals surface area contributed by atoms with Crippen LogP contribution in [0.25, 0.3) is 10.2 Å². The number of nitrogen functional groups attached to an aromatic ring is 1. The highest BCUT2D eigenvalue weighted by Crippen LogP contribution is 2.32. The number of thiazole rings is 1. The standard InChI is InChI=1S/C14H10F3N3S/c15-14(16,17)8-1-4-10(5-2-8)19-13-20-11-6-3-9(18)7-12(11)21-13/h1-7H,18H2,(H,19,20). The van der Waals surface area contributed by atoms with Crippen LogP contribution < -0.4 is 11.1 Å². The maximum atomic E-state index is 12.5. The molecule has 0 unspecified atom stereocenters. The molecule has 0 atom stereocenters. The Morgan fingerprint density at radius 1 is 1.05 bits per heavy atom. The summed E-state index contributed by atoms with van der Waals surface area (Å²) >= 11 is 1.39. The average Bonchev–Trinajstić information content (AvgIpc) is 2.79. The van der Waals surface area contributed by atoms with Gasteiger partial charge in [0.2, 0.25) is 0 Å². The van der Waals surface area contributed by atoms with Crippen molar-refractivity contribution in [3.63, 3.8) is 0 Å². The zero-order valence-corrected chi connectivity index (χ0v) is 11.4. The van der Waals surface area contributed by atoms with Gasteiger partial charge in [-0.1, -0.05) is 11.3 Å². The molecule has 0 spiro atoms. The van der Waals surface area contributed by atoms with Gasteiger partial charge in [-0.25, -0.2) is 4.98 Å². The van der Waals surface area contributed by atoms with E-state index in [2.05, 4.69) is 10.3 Å². The van der Waals surface area contributed by atoms with Crippen molar-refractivity contribution in [1.29, 1.82) is 0 Å². The number of nitrogens with two attached hydrogens (primary N) is 1. The average molecular weight is 309 g/mol. The van der Waals surface area contributed by atoms with E-state index >= 15 is 0 Å². The van der Waals surface area contributed by atoms with E-state index < -0.39 is 11.7 Å². The molecule has 1 heterocycles. The minimum Gasteiger partial charge on any atom is -0.399 e. The van der Waals surface area contributed by atoms with Crippen molar-refractivity contribution in [1.82, 2.24) is 4.98 Å². The lowest BCUT2D eigenvalue weighted by Gasteiger charge is -2.07. The fourth-order valence-electron chi connectivity index (χ4n) is 1.86. The monoisotopic (exact) mass is 309 g/mol. The molecule has 108 valence electrons. The van der Waals surface area contributed by atoms with Crippen LogP contribution in [0.5, 0.6) is 0 Å².